The third kappa shape index (κ3) is 5.54. The van der Waals surface area contributed by atoms with Crippen molar-refractivity contribution < 1.29 is 18.0 Å². The van der Waals surface area contributed by atoms with Gasteiger partial charge in [-0.2, -0.15) is 0 Å². The monoisotopic (exact) mass is 407 g/mol. The summed E-state index contributed by atoms with van der Waals surface area (Å²) in [5, 5.41) is 5.80. The van der Waals surface area contributed by atoms with Crippen LogP contribution in [0.2, 0.25) is 0 Å². The summed E-state index contributed by atoms with van der Waals surface area (Å²) < 4.78 is 23.5. The lowest BCUT2D eigenvalue weighted by Crippen LogP contribution is -2.48. The lowest BCUT2D eigenvalue weighted by atomic mass is 10.0. The fourth-order valence-electron chi connectivity index (χ4n) is 3.95. The Bertz CT molecular complexity index is 762. The van der Waals surface area contributed by atoms with Crippen molar-refractivity contribution in [3.8, 4) is 0 Å². The van der Waals surface area contributed by atoms with Gasteiger partial charge in [-0.3, -0.25) is 14.5 Å². The van der Waals surface area contributed by atoms with Gasteiger partial charge in [0, 0.05) is 32.1 Å². The van der Waals surface area contributed by atoms with Gasteiger partial charge in [-0.05, 0) is 18.4 Å². The van der Waals surface area contributed by atoms with Crippen LogP contribution in [0.15, 0.2) is 30.3 Å². The first-order valence-corrected chi connectivity index (χ1v) is 11.8. The first kappa shape index (κ1) is 20.8. The van der Waals surface area contributed by atoms with Crippen LogP contribution in [0.4, 0.5) is 0 Å². The van der Waals surface area contributed by atoms with Crippen LogP contribution in [-0.4, -0.2) is 62.8 Å². The van der Waals surface area contributed by atoms with Crippen LogP contribution in [-0.2, 0) is 19.4 Å². The summed E-state index contributed by atoms with van der Waals surface area (Å²) >= 11 is 0. The number of carbonyl (C=O) groups excluding carboxylic acids is 2. The number of benzene rings is 1. The number of rotatable bonds is 7. The maximum atomic E-state index is 12.9. The molecule has 0 spiro atoms. The molecule has 3 rings (SSSR count). The number of hydrogen-bond donors (Lipinski definition) is 2. The number of carbonyl (C=O) groups is 2. The van der Waals surface area contributed by atoms with E-state index in [1.54, 1.807) is 0 Å². The molecule has 1 aromatic rings. The molecule has 0 aromatic heterocycles. The Balaban J connectivity index is 1.55. The first-order valence-electron chi connectivity index (χ1n) is 10.0. The van der Waals surface area contributed by atoms with E-state index in [0.29, 0.717) is 26.2 Å². The molecule has 2 N–H and O–H groups in total. The second kappa shape index (κ2) is 9.52. The third-order valence-corrected chi connectivity index (χ3v) is 7.17. The van der Waals surface area contributed by atoms with Crippen molar-refractivity contribution in [2.75, 3.05) is 37.7 Å². The van der Waals surface area contributed by atoms with Crippen LogP contribution in [0, 0.1) is 5.92 Å². The molecule has 154 valence electrons. The van der Waals surface area contributed by atoms with Gasteiger partial charge < -0.3 is 10.6 Å². The van der Waals surface area contributed by atoms with Crippen molar-refractivity contribution in [1.82, 2.24) is 15.5 Å². The van der Waals surface area contributed by atoms with E-state index >= 15 is 0 Å². The summed E-state index contributed by atoms with van der Waals surface area (Å²) in [6.07, 6.45) is 4.12. The van der Waals surface area contributed by atoms with Crippen LogP contribution in [0.3, 0.4) is 0 Å². The lowest BCUT2D eigenvalue weighted by molar-refractivity contribution is -0.127. The largest absolute Gasteiger partial charge is 0.354 e. The van der Waals surface area contributed by atoms with Gasteiger partial charge in [-0.15, -0.1) is 0 Å². The molecule has 1 aliphatic heterocycles. The SMILES string of the molecule is O=C(NCCNC(=O)C(c1ccccc1)N1CCS(=O)(=O)CC1)C1CCCC1. The van der Waals surface area contributed by atoms with E-state index in [1.807, 2.05) is 35.2 Å². The highest BCUT2D eigenvalue weighted by atomic mass is 32.2. The van der Waals surface area contributed by atoms with Gasteiger partial charge in [-0.25, -0.2) is 8.42 Å². The summed E-state index contributed by atoms with van der Waals surface area (Å²) in [6, 6.07) is 8.88. The molecule has 2 fully saturated rings. The molecule has 0 bridgehead atoms. The minimum atomic E-state index is -3.02. The summed E-state index contributed by atoms with van der Waals surface area (Å²) in [7, 11) is -3.02. The average Bonchev–Trinajstić information content (AvgIpc) is 3.22. The van der Waals surface area contributed by atoms with E-state index in [0.717, 1.165) is 31.2 Å². The van der Waals surface area contributed by atoms with E-state index < -0.39 is 15.9 Å². The van der Waals surface area contributed by atoms with Gasteiger partial charge in [0.05, 0.1) is 11.5 Å². The van der Waals surface area contributed by atoms with E-state index in [4.69, 9.17) is 0 Å². The summed E-state index contributed by atoms with van der Waals surface area (Å²) in [5.41, 5.74) is 0.842. The molecular formula is C20H29N3O4S. The van der Waals surface area contributed by atoms with Gasteiger partial charge in [0.2, 0.25) is 11.8 Å². The highest BCUT2D eigenvalue weighted by Crippen LogP contribution is 2.25. The number of sulfone groups is 1. The zero-order valence-corrected chi connectivity index (χ0v) is 16.9. The topological polar surface area (TPSA) is 95.6 Å². The van der Waals surface area contributed by atoms with Gasteiger partial charge >= 0.3 is 0 Å². The van der Waals surface area contributed by atoms with Crippen LogP contribution in [0.5, 0.6) is 0 Å². The van der Waals surface area contributed by atoms with E-state index in [9.17, 15) is 18.0 Å². The summed E-state index contributed by atoms with van der Waals surface area (Å²) in [6.45, 7) is 1.44. The summed E-state index contributed by atoms with van der Waals surface area (Å²) in [4.78, 5) is 26.9. The van der Waals surface area contributed by atoms with Crippen LogP contribution in [0.25, 0.3) is 0 Å². The highest BCUT2D eigenvalue weighted by molar-refractivity contribution is 7.91. The van der Waals surface area contributed by atoms with Crippen LogP contribution >= 0.6 is 0 Å². The van der Waals surface area contributed by atoms with Crippen molar-refractivity contribution in [3.63, 3.8) is 0 Å². The van der Waals surface area contributed by atoms with Crippen molar-refractivity contribution in [3.05, 3.63) is 35.9 Å². The Labute approximate surface area is 166 Å². The van der Waals surface area contributed by atoms with E-state index in [2.05, 4.69) is 10.6 Å². The molecule has 28 heavy (non-hydrogen) atoms. The lowest BCUT2D eigenvalue weighted by Gasteiger charge is -2.33. The molecule has 1 unspecified atom stereocenters. The highest BCUT2D eigenvalue weighted by Gasteiger charge is 2.32. The van der Waals surface area contributed by atoms with Gasteiger partial charge in [0.1, 0.15) is 6.04 Å². The van der Waals surface area contributed by atoms with Gasteiger partial charge in [0.25, 0.3) is 0 Å². The second-order valence-electron chi connectivity index (χ2n) is 7.56. The Kier molecular flexibility index (Phi) is 7.07. The molecule has 1 aromatic carbocycles. The zero-order valence-electron chi connectivity index (χ0n) is 16.1. The molecule has 2 aliphatic rings. The molecule has 2 amide bonds. The fourth-order valence-corrected chi connectivity index (χ4v) is 5.18. The fraction of sp³-hybridized carbons (Fsp3) is 0.600. The van der Waals surface area contributed by atoms with Gasteiger partial charge in [0.15, 0.2) is 9.84 Å². The molecule has 1 saturated heterocycles. The smallest absolute Gasteiger partial charge is 0.242 e. The minimum Gasteiger partial charge on any atom is -0.354 e. The van der Waals surface area contributed by atoms with E-state index in [-0.39, 0.29) is 29.2 Å². The quantitative estimate of drug-likeness (QED) is 0.654. The van der Waals surface area contributed by atoms with Crippen molar-refractivity contribution in [2.45, 2.75) is 31.7 Å². The Morgan fingerprint density at radius 1 is 1.00 bits per heavy atom. The standard InChI is InChI=1S/C20H29N3O4S/c24-19(17-8-4-5-9-17)21-10-11-22-20(25)18(16-6-2-1-3-7-16)23-12-14-28(26,27)15-13-23/h1-3,6-7,17-18H,4-5,8-15H2,(H,21,24)(H,22,25). The third-order valence-electron chi connectivity index (χ3n) is 5.56. The molecule has 1 heterocycles. The zero-order chi connectivity index (χ0) is 20.0. The van der Waals surface area contributed by atoms with E-state index in [1.165, 1.54) is 0 Å². The number of amides is 2. The summed E-state index contributed by atoms with van der Waals surface area (Å²) in [5.74, 6) is 0.165. The molecule has 1 atom stereocenters. The second-order valence-corrected chi connectivity index (χ2v) is 9.87. The van der Waals surface area contributed by atoms with Crippen molar-refractivity contribution in [2.24, 2.45) is 5.92 Å². The molecule has 8 heteroatoms. The normalized spacial score (nSPS) is 21.1. The predicted molar refractivity (Wildman–Crippen MR) is 107 cm³/mol. The molecule has 7 nitrogen and oxygen atoms in total. The Morgan fingerprint density at radius 3 is 2.25 bits per heavy atom. The van der Waals surface area contributed by atoms with Crippen molar-refractivity contribution in [1.29, 1.82) is 0 Å². The average molecular weight is 408 g/mol. The van der Waals surface area contributed by atoms with Crippen molar-refractivity contribution >= 4 is 21.7 Å². The maximum Gasteiger partial charge on any atom is 0.242 e. The number of hydrogen-bond acceptors (Lipinski definition) is 5. The van der Waals surface area contributed by atoms with Gasteiger partial charge in [-0.1, -0.05) is 43.2 Å². The molecule has 1 saturated carbocycles. The predicted octanol–water partition coefficient (Wildman–Crippen LogP) is 0.881. The molecular weight excluding hydrogens is 378 g/mol. The minimum absolute atomic E-state index is 0.0705. The molecule has 0 radical (unpaired) electrons. The Hall–Kier alpha value is -1.93. The molecule has 1 aliphatic carbocycles. The maximum absolute atomic E-state index is 12.9. The van der Waals surface area contributed by atoms with Crippen LogP contribution < -0.4 is 10.6 Å². The Morgan fingerprint density at radius 2 is 1.61 bits per heavy atom. The first-order chi connectivity index (χ1) is 13.5. The number of nitrogens with zero attached hydrogens (tertiary/aromatic N) is 1. The number of nitrogens with one attached hydrogen (secondary N) is 2. The van der Waals surface area contributed by atoms with Crippen LogP contribution in [0.1, 0.15) is 37.3 Å².